The fraction of sp³-hybridized carbons (Fsp3) is 0.214. The van der Waals surface area contributed by atoms with Crippen LogP contribution in [-0.2, 0) is 6.54 Å². The van der Waals surface area contributed by atoms with Gasteiger partial charge in [-0.2, -0.15) is 0 Å². The molecule has 1 aromatic heterocycles. The minimum atomic E-state index is -1.02. The summed E-state index contributed by atoms with van der Waals surface area (Å²) in [6.45, 7) is 0.234. The first kappa shape index (κ1) is 13.8. The maximum Gasteiger partial charge on any atom is 0.339 e. The maximum absolute atomic E-state index is 11.0. The first-order valence-corrected chi connectivity index (χ1v) is 5.91. The van der Waals surface area contributed by atoms with E-state index >= 15 is 0 Å². The molecule has 0 amide bonds. The third-order valence-corrected chi connectivity index (χ3v) is 2.82. The van der Waals surface area contributed by atoms with Crippen LogP contribution >= 0.6 is 0 Å². The third kappa shape index (κ3) is 2.85. The van der Waals surface area contributed by atoms with Crippen LogP contribution in [0.4, 0.5) is 5.69 Å². The summed E-state index contributed by atoms with van der Waals surface area (Å²) in [5.74, 6) is 0.635. The molecule has 2 aromatic rings. The zero-order valence-corrected chi connectivity index (χ0v) is 11.2. The van der Waals surface area contributed by atoms with Gasteiger partial charge in [-0.25, -0.2) is 4.79 Å². The number of hydrogen-bond acceptors (Lipinski definition) is 5. The molecule has 6 heteroatoms. The Morgan fingerprint density at radius 1 is 1.30 bits per heavy atom. The number of hydrogen-bond donors (Lipinski definition) is 2. The molecule has 0 unspecified atom stereocenters. The van der Waals surface area contributed by atoms with E-state index in [0.29, 0.717) is 22.9 Å². The minimum Gasteiger partial charge on any atom is -0.497 e. The van der Waals surface area contributed by atoms with Gasteiger partial charge in [0, 0.05) is 6.07 Å². The van der Waals surface area contributed by atoms with Gasteiger partial charge in [0.05, 0.1) is 32.7 Å². The van der Waals surface area contributed by atoms with Crippen LogP contribution in [0.3, 0.4) is 0 Å². The molecular formula is C14H15NO5. The Kier molecular flexibility index (Phi) is 4.14. The smallest absolute Gasteiger partial charge is 0.339 e. The Morgan fingerprint density at radius 2 is 2.10 bits per heavy atom. The van der Waals surface area contributed by atoms with Crippen molar-refractivity contribution < 1.29 is 23.8 Å². The first-order valence-electron chi connectivity index (χ1n) is 5.91. The quantitative estimate of drug-likeness (QED) is 0.844. The molecule has 0 spiro atoms. The van der Waals surface area contributed by atoms with Gasteiger partial charge in [0.15, 0.2) is 0 Å². The van der Waals surface area contributed by atoms with Crippen molar-refractivity contribution in [3.8, 4) is 11.5 Å². The van der Waals surface area contributed by atoms with E-state index < -0.39 is 5.97 Å². The van der Waals surface area contributed by atoms with Crippen LogP contribution in [-0.4, -0.2) is 25.3 Å². The predicted molar refractivity (Wildman–Crippen MR) is 72.5 cm³/mol. The molecule has 0 bridgehead atoms. The summed E-state index contributed by atoms with van der Waals surface area (Å²) in [5, 5.41) is 12.1. The topological polar surface area (TPSA) is 80.9 Å². The average molecular weight is 277 g/mol. The number of furan rings is 1. The molecule has 2 N–H and O–H groups in total. The second-order valence-electron chi connectivity index (χ2n) is 3.98. The summed E-state index contributed by atoms with van der Waals surface area (Å²) in [7, 11) is 3.13. The molecule has 20 heavy (non-hydrogen) atoms. The zero-order chi connectivity index (χ0) is 14.5. The van der Waals surface area contributed by atoms with Crippen LogP contribution < -0.4 is 14.8 Å². The normalized spacial score (nSPS) is 10.1. The maximum atomic E-state index is 11.0. The van der Waals surface area contributed by atoms with Gasteiger partial charge in [0.1, 0.15) is 22.8 Å². The van der Waals surface area contributed by atoms with Gasteiger partial charge in [0.25, 0.3) is 0 Å². The molecule has 0 saturated heterocycles. The average Bonchev–Trinajstić information content (AvgIpc) is 2.93. The lowest BCUT2D eigenvalue weighted by Crippen LogP contribution is -2.05. The minimum absolute atomic E-state index is 0.138. The van der Waals surface area contributed by atoms with Gasteiger partial charge >= 0.3 is 5.97 Å². The second-order valence-corrected chi connectivity index (χ2v) is 3.98. The highest BCUT2D eigenvalue weighted by Gasteiger charge is 2.14. The summed E-state index contributed by atoms with van der Waals surface area (Å²) < 4.78 is 15.5. The number of carboxylic acid groups (broad SMARTS) is 1. The van der Waals surface area contributed by atoms with Crippen molar-refractivity contribution in [1.82, 2.24) is 0 Å². The lowest BCUT2D eigenvalue weighted by molar-refractivity contribution is 0.0694. The zero-order valence-electron chi connectivity index (χ0n) is 11.2. The van der Waals surface area contributed by atoms with Crippen molar-refractivity contribution in [3.05, 3.63) is 41.9 Å². The van der Waals surface area contributed by atoms with Crippen LogP contribution in [0.2, 0.25) is 0 Å². The van der Waals surface area contributed by atoms with E-state index in [9.17, 15) is 4.79 Å². The van der Waals surface area contributed by atoms with Crippen molar-refractivity contribution in [3.63, 3.8) is 0 Å². The summed E-state index contributed by atoms with van der Waals surface area (Å²) >= 11 is 0. The predicted octanol–water partition coefficient (Wildman–Crippen LogP) is 2.61. The van der Waals surface area contributed by atoms with Gasteiger partial charge in [-0.05, 0) is 18.2 Å². The number of nitrogens with one attached hydrogen (secondary N) is 1. The van der Waals surface area contributed by atoms with Crippen molar-refractivity contribution in [1.29, 1.82) is 0 Å². The summed E-state index contributed by atoms with van der Waals surface area (Å²) in [6.07, 6.45) is 1.35. The molecule has 2 rings (SSSR count). The SMILES string of the molecule is COc1ccc(OC)c(NCc2occc2C(=O)O)c1. The van der Waals surface area contributed by atoms with Crippen LogP contribution in [0.25, 0.3) is 0 Å². The lowest BCUT2D eigenvalue weighted by atomic mass is 10.2. The van der Waals surface area contributed by atoms with Gasteiger partial charge < -0.3 is 24.3 Å². The Balaban J connectivity index is 2.17. The highest BCUT2D eigenvalue weighted by molar-refractivity contribution is 5.88. The number of carboxylic acids is 1. The van der Waals surface area contributed by atoms with Crippen molar-refractivity contribution in [2.24, 2.45) is 0 Å². The molecule has 0 fully saturated rings. The van der Waals surface area contributed by atoms with Gasteiger partial charge in [-0.1, -0.05) is 0 Å². The standard InChI is InChI=1S/C14H15NO5/c1-18-9-3-4-12(19-2)11(7-9)15-8-13-10(14(16)17)5-6-20-13/h3-7,15H,8H2,1-2H3,(H,16,17). The molecule has 0 radical (unpaired) electrons. The van der Waals surface area contributed by atoms with Gasteiger partial charge in [-0.15, -0.1) is 0 Å². The largest absolute Gasteiger partial charge is 0.497 e. The highest BCUT2D eigenvalue weighted by atomic mass is 16.5. The molecule has 0 saturated carbocycles. The Labute approximate surface area is 115 Å². The number of anilines is 1. The Morgan fingerprint density at radius 3 is 2.75 bits per heavy atom. The lowest BCUT2D eigenvalue weighted by Gasteiger charge is -2.12. The number of carbonyl (C=O) groups is 1. The molecule has 106 valence electrons. The van der Waals surface area contributed by atoms with Crippen molar-refractivity contribution >= 4 is 11.7 Å². The molecule has 0 aliphatic rings. The van der Waals surface area contributed by atoms with Crippen LogP contribution in [0.5, 0.6) is 11.5 Å². The van der Waals surface area contributed by atoms with Crippen LogP contribution in [0.15, 0.2) is 34.9 Å². The highest BCUT2D eigenvalue weighted by Crippen LogP contribution is 2.29. The Bertz CT molecular complexity index is 605. The van der Waals surface area contributed by atoms with E-state index in [4.69, 9.17) is 19.0 Å². The van der Waals surface area contributed by atoms with Crippen LogP contribution in [0, 0.1) is 0 Å². The van der Waals surface area contributed by atoms with Gasteiger partial charge in [0.2, 0.25) is 0 Å². The van der Waals surface area contributed by atoms with Crippen molar-refractivity contribution in [2.45, 2.75) is 6.54 Å². The number of benzene rings is 1. The van der Waals surface area contributed by atoms with E-state index in [-0.39, 0.29) is 12.1 Å². The van der Waals surface area contributed by atoms with Crippen molar-refractivity contribution in [2.75, 3.05) is 19.5 Å². The fourth-order valence-corrected chi connectivity index (χ4v) is 1.80. The molecule has 1 aromatic carbocycles. The molecule has 0 atom stereocenters. The number of aromatic carboxylic acids is 1. The summed E-state index contributed by atoms with van der Waals surface area (Å²) in [5.41, 5.74) is 0.832. The molecule has 0 aliphatic heterocycles. The summed E-state index contributed by atoms with van der Waals surface area (Å²) in [6, 6.07) is 6.73. The first-order chi connectivity index (χ1) is 9.65. The van der Waals surface area contributed by atoms with Gasteiger partial charge in [-0.3, -0.25) is 0 Å². The van der Waals surface area contributed by atoms with E-state index in [0.717, 1.165) is 0 Å². The molecule has 6 nitrogen and oxygen atoms in total. The number of rotatable bonds is 6. The van der Waals surface area contributed by atoms with E-state index in [1.54, 1.807) is 32.4 Å². The third-order valence-electron chi connectivity index (χ3n) is 2.82. The fourth-order valence-electron chi connectivity index (χ4n) is 1.80. The molecular weight excluding hydrogens is 262 g/mol. The van der Waals surface area contributed by atoms with E-state index in [1.807, 2.05) is 0 Å². The molecule has 1 heterocycles. The number of methoxy groups -OCH3 is 2. The second kappa shape index (κ2) is 6.01. The van der Waals surface area contributed by atoms with Crippen LogP contribution in [0.1, 0.15) is 16.1 Å². The number of ether oxygens (including phenoxy) is 2. The molecule has 0 aliphatic carbocycles. The Hall–Kier alpha value is -2.63. The monoisotopic (exact) mass is 277 g/mol. The summed E-state index contributed by atoms with van der Waals surface area (Å²) in [4.78, 5) is 11.0. The van der Waals surface area contributed by atoms with E-state index in [2.05, 4.69) is 5.32 Å². The van der Waals surface area contributed by atoms with E-state index in [1.165, 1.54) is 12.3 Å².